The molecule has 1 amide bonds. The molecule has 5 nitrogen and oxygen atoms in total. The van der Waals surface area contributed by atoms with Crippen LogP contribution in [0.5, 0.6) is 0 Å². The average molecular weight is 358 g/mol. The number of esters is 1. The van der Waals surface area contributed by atoms with Crippen molar-refractivity contribution in [3.63, 3.8) is 0 Å². The second-order valence-corrected chi connectivity index (χ2v) is 7.14. The Kier molecular flexibility index (Phi) is 5.48. The van der Waals surface area contributed by atoms with Gasteiger partial charge in [-0.1, -0.05) is 31.2 Å². The highest BCUT2D eigenvalue weighted by Gasteiger charge is 2.27. The molecular weight excluding hydrogens is 336 g/mol. The summed E-state index contributed by atoms with van der Waals surface area (Å²) in [5.41, 5.74) is 2.99. The largest absolute Gasteiger partial charge is 0.452 e. The quantitative estimate of drug-likeness (QED) is 0.772. The second-order valence-electron chi connectivity index (χ2n) is 6.29. The van der Waals surface area contributed by atoms with E-state index in [1.807, 2.05) is 17.5 Å². The maximum absolute atomic E-state index is 12.0. The van der Waals surface area contributed by atoms with Crippen molar-refractivity contribution in [1.82, 2.24) is 10.3 Å². The zero-order chi connectivity index (χ0) is 17.8. The van der Waals surface area contributed by atoms with E-state index in [0.29, 0.717) is 5.69 Å². The standard InChI is InChI=1S/C19H22N2O3S/c1-3-13-4-6-14(7-5-13)19-21-16(11-25-19)10-17(22)24-12(2)18(23)20-15-8-9-15/h4-7,11-12,15H,3,8-10H2,1-2H3,(H,20,23)/t12-/m0/s1. The van der Waals surface area contributed by atoms with Gasteiger partial charge in [0.25, 0.3) is 5.91 Å². The fraction of sp³-hybridized carbons (Fsp3) is 0.421. The summed E-state index contributed by atoms with van der Waals surface area (Å²) in [5.74, 6) is -0.664. The van der Waals surface area contributed by atoms with Crippen molar-refractivity contribution >= 4 is 23.2 Å². The number of hydrogen-bond donors (Lipinski definition) is 1. The average Bonchev–Trinajstić information content (AvgIpc) is 3.30. The molecule has 1 N–H and O–H groups in total. The first kappa shape index (κ1) is 17.6. The summed E-state index contributed by atoms with van der Waals surface area (Å²) in [5, 5.41) is 5.57. The number of aromatic nitrogens is 1. The van der Waals surface area contributed by atoms with Crippen molar-refractivity contribution in [3.8, 4) is 10.6 Å². The minimum atomic E-state index is -0.771. The van der Waals surface area contributed by atoms with Crippen LogP contribution in [0.15, 0.2) is 29.6 Å². The third kappa shape index (κ3) is 4.89. The van der Waals surface area contributed by atoms with Crippen LogP contribution in [0, 0.1) is 0 Å². The summed E-state index contributed by atoms with van der Waals surface area (Å²) >= 11 is 1.50. The molecule has 1 aliphatic rings. The Hall–Kier alpha value is -2.21. The summed E-state index contributed by atoms with van der Waals surface area (Å²) < 4.78 is 5.20. The molecule has 1 aliphatic carbocycles. The minimum Gasteiger partial charge on any atom is -0.452 e. The smallest absolute Gasteiger partial charge is 0.312 e. The number of rotatable bonds is 7. The molecule has 3 rings (SSSR count). The lowest BCUT2D eigenvalue weighted by Crippen LogP contribution is -2.37. The molecule has 6 heteroatoms. The minimum absolute atomic E-state index is 0.0740. The van der Waals surface area contributed by atoms with E-state index in [-0.39, 0.29) is 18.4 Å². The van der Waals surface area contributed by atoms with Crippen LogP contribution in [0.25, 0.3) is 10.6 Å². The van der Waals surface area contributed by atoms with E-state index in [4.69, 9.17) is 4.74 Å². The maximum atomic E-state index is 12.0. The predicted octanol–water partition coefficient (Wildman–Crippen LogP) is 3.13. The van der Waals surface area contributed by atoms with Gasteiger partial charge in [-0.2, -0.15) is 0 Å². The van der Waals surface area contributed by atoms with E-state index in [9.17, 15) is 9.59 Å². The number of nitrogens with zero attached hydrogens (tertiary/aromatic N) is 1. The summed E-state index contributed by atoms with van der Waals surface area (Å²) in [7, 11) is 0. The SMILES string of the molecule is CCc1ccc(-c2nc(CC(=O)O[C@@H](C)C(=O)NC3CC3)cs2)cc1. The van der Waals surface area contributed by atoms with Crippen molar-refractivity contribution in [2.75, 3.05) is 0 Å². The van der Waals surface area contributed by atoms with Gasteiger partial charge < -0.3 is 10.1 Å². The first-order valence-electron chi connectivity index (χ1n) is 8.58. The monoisotopic (exact) mass is 358 g/mol. The van der Waals surface area contributed by atoms with Crippen LogP contribution in [0.4, 0.5) is 0 Å². The van der Waals surface area contributed by atoms with Gasteiger partial charge in [0.15, 0.2) is 6.10 Å². The Morgan fingerprint density at radius 3 is 2.68 bits per heavy atom. The van der Waals surface area contributed by atoms with Crippen molar-refractivity contribution in [2.24, 2.45) is 0 Å². The number of hydrogen-bond acceptors (Lipinski definition) is 5. The van der Waals surface area contributed by atoms with E-state index in [1.165, 1.54) is 16.9 Å². The zero-order valence-corrected chi connectivity index (χ0v) is 15.3. The Balaban J connectivity index is 1.54. The fourth-order valence-corrected chi connectivity index (χ4v) is 3.22. The highest BCUT2D eigenvalue weighted by Crippen LogP contribution is 2.24. The van der Waals surface area contributed by atoms with Gasteiger partial charge in [-0.05, 0) is 31.7 Å². The second kappa shape index (κ2) is 7.78. The van der Waals surface area contributed by atoms with Gasteiger partial charge >= 0.3 is 5.97 Å². The molecule has 1 fully saturated rings. The van der Waals surface area contributed by atoms with E-state index in [1.54, 1.807) is 6.92 Å². The third-order valence-electron chi connectivity index (χ3n) is 4.09. The van der Waals surface area contributed by atoms with Gasteiger partial charge in [0.05, 0.1) is 12.1 Å². The van der Waals surface area contributed by atoms with E-state index >= 15 is 0 Å². The zero-order valence-electron chi connectivity index (χ0n) is 14.5. The Morgan fingerprint density at radius 2 is 2.04 bits per heavy atom. The van der Waals surface area contributed by atoms with Crippen LogP contribution in [-0.2, 0) is 27.2 Å². The Labute approximate surface area is 151 Å². The molecular formula is C19H22N2O3S. The van der Waals surface area contributed by atoms with Gasteiger partial charge in [-0.25, -0.2) is 4.98 Å². The highest BCUT2D eigenvalue weighted by molar-refractivity contribution is 7.13. The van der Waals surface area contributed by atoms with Crippen LogP contribution in [0.3, 0.4) is 0 Å². The van der Waals surface area contributed by atoms with Crippen LogP contribution in [0.1, 0.15) is 37.9 Å². The van der Waals surface area contributed by atoms with E-state index < -0.39 is 12.1 Å². The molecule has 0 radical (unpaired) electrons. The van der Waals surface area contributed by atoms with Gasteiger partial charge in [0.1, 0.15) is 5.01 Å². The van der Waals surface area contributed by atoms with Gasteiger partial charge in [0, 0.05) is 17.0 Å². The lowest BCUT2D eigenvalue weighted by molar-refractivity contribution is -0.154. The lowest BCUT2D eigenvalue weighted by atomic mass is 10.1. The summed E-state index contributed by atoms with van der Waals surface area (Å²) in [6, 6.07) is 8.53. The van der Waals surface area contributed by atoms with Crippen molar-refractivity contribution in [2.45, 2.75) is 51.7 Å². The topological polar surface area (TPSA) is 68.3 Å². The molecule has 25 heavy (non-hydrogen) atoms. The molecule has 1 aromatic carbocycles. The summed E-state index contributed by atoms with van der Waals surface area (Å²) in [4.78, 5) is 28.3. The number of benzene rings is 1. The van der Waals surface area contributed by atoms with E-state index in [2.05, 4.69) is 29.4 Å². The number of carbonyl (C=O) groups is 2. The molecule has 0 aliphatic heterocycles. The number of aryl methyl sites for hydroxylation is 1. The lowest BCUT2D eigenvalue weighted by Gasteiger charge is -2.12. The first-order chi connectivity index (χ1) is 12.0. The Morgan fingerprint density at radius 1 is 1.32 bits per heavy atom. The van der Waals surface area contributed by atoms with Gasteiger partial charge in [-0.15, -0.1) is 11.3 Å². The molecule has 1 aromatic heterocycles. The van der Waals surface area contributed by atoms with Gasteiger partial charge in [-0.3, -0.25) is 9.59 Å². The van der Waals surface area contributed by atoms with Crippen LogP contribution in [0.2, 0.25) is 0 Å². The number of amides is 1. The molecule has 0 bridgehead atoms. The van der Waals surface area contributed by atoms with E-state index in [0.717, 1.165) is 29.8 Å². The molecule has 1 heterocycles. The molecule has 1 atom stereocenters. The molecule has 0 unspecified atom stereocenters. The molecule has 1 saturated carbocycles. The maximum Gasteiger partial charge on any atom is 0.312 e. The van der Waals surface area contributed by atoms with Crippen LogP contribution >= 0.6 is 11.3 Å². The number of carbonyl (C=O) groups excluding carboxylic acids is 2. The number of nitrogens with one attached hydrogen (secondary N) is 1. The predicted molar refractivity (Wildman–Crippen MR) is 97.4 cm³/mol. The van der Waals surface area contributed by atoms with Crippen LogP contribution < -0.4 is 5.32 Å². The number of ether oxygens (including phenoxy) is 1. The normalized spacial score (nSPS) is 14.8. The van der Waals surface area contributed by atoms with Crippen molar-refractivity contribution in [3.05, 3.63) is 40.9 Å². The molecule has 132 valence electrons. The Bertz CT molecular complexity index is 750. The summed E-state index contributed by atoms with van der Waals surface area (Å²) in [6.07, 6.45) is 2.32. The van der Waals surface area contributed by atoms with Crippen molar-refractivity contribution < 1.29 is 14.3 Å². The van der Waals surface area contributed by atoms with Gasteiger partial charge in [0.2, 0.25) is 0 Å². The molecule has 2 aromatic rings. The summed E-state index contributed by atoms with van der Waals surface area (Å²) in [6.45, 7) is 3.71. The highest BCUT2D eigenvalue weighted by atomic mass is 32.1. The molecule has 0 saturated heterocycles. The number of thiazole rings is 1. The van der Waals surface area contributed by atoms with Crippen LogP contribution in [-0.4, -0.2) is 29.0 Å². The fourth-order valence-electron chi connectivity index (χ4n) is 2.39. The third-order valence-corrected chi connectivity index (χ3v) is 5.03. The first-order valence-corrected chi connectivity index (χ1v) is 9.46. The van der Waals surface area contributed by atoms with Crippen molar-refractivity contribution in [1.29, 1.82) is 0 Å². The molecule has 0 spiro atoms.